The van der Waals surface area contributed by atoms with Crippen molar-refractivity contribution in [3.8, 4) is 5.75 Å². The molecule has 0 aromatic heterocycles. The molecule has 0 bridgehead atoms. The number of nitrogens with one attached hydrogen (secondary N) is 3. The van der Waals surface area contributed by atoms with Gasteiger partial charge in [-0.1, -0.05) is 32.1 Å². The summed E-state index contributed by atoms with van der Waals surface area (Å²) in [5.74, 6) is -2.32. The van der Waals surface area contributed by atoms with Crippen LogP contribution in [0, 0.1) is 5.92 Å². The smallest absolute Gasteiger partial charge is 0.324 e. The molecule has 5 N–H and O–H groups in total. The lowest BCUT2D eigenvalue weighted by Gasteiger charge is -2.35. The lowest BCUT2D eigenvalue weighted by molar-refractivity contribution is -0.151. The number of hydrogen-bond acceptors (Lipinski definition) is 10. The van der Waals surface area contributed by atoms with Gasteiger partial charge in [-0.25, -0.2) is 10.3 Å². The van der Waals surface area contributed by atoms with Crippen molar-refractivity contribution in [2.45, 2.75) is 69.8 Å². The Morgan fingerprint density at radius 2 is 1.98 bits per heavy atom. The molecule has 2 fully saturated rings. The first-order valence-electron chi connectivity index (χ1n) is 13.4. The lowest BCUT2D eigenvalue weighted by Crippen LogP contribution is -2.62. The highest BCUT2D eigenvalue weighted by Crippen LogP contribution is 2.32. The number of nitrogens with zero attached hydrogens (tertiary/aromatic N) is 2. The molecule has 3 amide bonds. The van der Waals surface area contributed by atoms with Crippen molar-refractivity contribution in [1.29, 1.82) is 0 Å². The van der Waals surface area contributed by atoms with Gasteiger partial charge in [-0.05, 0) is 42.5 Å². The molecule has 3 heterocycles. The Labute approximate surface area is 232 Å². The third-order valence-electron chi connectivity index (χ3n) is 7.14. The minimum absolute atomic E-state index is 0.0147. The summed E-state index contributed by atoms with van der Waals surface area (Å²) in [7, 11) is 1.27. The highest BCUT2D eigenvalue weighted by atomic mass is 16.6. The number of fused-ring (bicyclic) bond motifs is 1. The summed E-state index contributed by atoms with van der Waals surface area (Å²) in [5, 5.41) is 26.9. The molecule has 40 heavy (non-hydrogen) atoms. The van der Waals surface area contributed by atoms with Gasteiger partial charge < -0.3 is 30.3 Å². The first-order chi connectivity index (χ1) is 19.1. The molecular weight excluding hydrogens is 522 g/mol. The molecule has 0 spiro atoms. The summed E-state index contributed by atoms with van der Waals surface area (Å²) in [6.45, 7) is 3.67. The standard InChI is InChI=1S/C27H37N5O8/c1-15(2)23(29-21(34)14-31-22(35)10-9-20-26(31)40-20)24(36)28-19(13-16-6-4-7-17(33)12-16)25(37)32-11-5-8-18(30-32)27(38)39-3/h4,6-7,9-10,12,15,18-20,22-23,26,30,33,35H,5,8,11,13-14H2,1-3H3,(H,28,36)(H,29,34)/t18?,19-,20?,22?,23-,26?/m0/s1. The number of phenols is 1. The molecule has 3 aliphatic rings. The highest BCUT2D eigenvalue weighted by molar-refractivity contribution is 5.93. The van der Waals surface area contributed by atoms with Gasteiger partial charge in [-0.15, -0.1) is 0 Å². The van der Waals surface area contributed by atoms with Crippen LogP contribution in [-0.2, 0) is 35.1 Å². The van der Waals surface area contributed by atoms with E-state index < -0.39 is 48.0 Å². The van der Waals surface area contributed by atoms with Crippen molar-refractivity contribution in [2.75, 3.05) is 20.2 Å². The van der Waals surface area contributed by atoms with Gasteiger partial charge in [-0.3, -0.25) is 24.2 Å². The fourth-order valence-electron chi connectivity index (χ4n) is 4.92. The lowest BCUT2D eigenvalue weighted by atomic mass is 10.00. The van der Waals surface area contributed by atoms with Gasteiger partial charge in [0.15, 0.2) is 0 Å². The number of epoxide rings is 1. The molecule has 0 radical (unpaired) electrons. The number of hydrogen-bond donors (Lipinski definition) is 5. The zero-order chi connectivity index (χ0) is 29.0. The Balaban J connectivity index is 1.46. The number of phenolic OH excluding ortho intramolecular Hbond substituents is 1. The van der Waals surface area contributed by atoms with Gasteiger partial charge in [0.05, 0.1) is 13.7 Å². The normalized spacial score (nSPS) is 25.5. The van der Waals surface area contributed by atoms with Gasteiger partial charge in [0.25, 0.3) is 5.91 Å². The van der Waals surface area contributed by atoms with E-state index in [-0.39, 0.29) is 37.0 Å². The van der Waals surface area contributed by atoms with Crippen molar-refractivity contribution in [3.63, 3.8) is 0 Å². The van der Waals surface area contributed by atoms with Crippen LogP contribution in [0.25, 0.3) is 0 Å². The largest absolute Gasteiger partial charge is 0.508 e. The number of rotatable bonds is 10. The first-order valence-corrected chi connectivity index (χ1v) is 13.4. The number of carbonyl (C=O) groups excluding carboxylic acids is 4. The second-order valence-corrected chi connectivity index (χ2v) is 10.5. The van der Waals surface area contributed by atoms with Crippen LogP contribution in [0.5, 0.6) is 5.75 Å². The molecule has 3 aliphatic heterocycles. The molecule has 0 saturated carbocycles. The number of methoxy groups -OCH3 is 1. The van der Waals surface area contributed by atoms with Gasteiger partial charge >= 0.3 is 5.97 Å². The molecule has 0 aliphatic carbocycles. The zero-order valence-electron chi connectivity index (χ0n) is 22.8. The number of esters is 1. The molecular formula is C27H37N5O8. The maximum atomic E-state index is 13.6. The van der Waals surface area contributed by atoms with Gasteiger partial charge in [0, 0.05) is 13.0 Å². The number of ether oxygens (including phenoxy) is 2. The zero-order valence-corrected chi connectivity index (χ0v) is 22.8. The first kappa shape index (κ1) is 29.5. The van der Waals surface area contributed by atoms with Crippen LogP contribution in [0.15, 0.2) is 36.4 Å². The number of aliphatic hydroxyl groups is 1. The Hall–Kier alpha value is -3.52. The quantitative estimate of drug-likeness (QED) is 0.138. The minimum Gasteiger partial charge on any atom is -0.508 e. The summed E-state index contributed by atoms with van der Waals surface area (Å²) in [5.41, 5.74) is 3.50. The van der Waals surface area contributed by atoms with Gasteiger partial charge in [0.2, 0.25) is 11.8 Å². The molecule has 13 nitrogen and oxygen atoms in total. The van der Waals surface area contributed by atoms with E-state index in [0.29, 0.717) is 24.9 Å². The van der Waals surface area contributed by atoms with E-state index in [1.165, 1.54) is 29.2 Å². The summed E-state index contributed by atoms with van der Waals surface area (Å²) in [6.07, 6.45) is 2.88. The van der Waals surface area contributed by atoms with E-state index >= 15 is 0 Å². The van der Waals surface area contributed by atoms with E-state index in [9.17, 15) is 29.4 Å². The van der Waals surface area contributed by atoms with E-state index in [1.807, 2.05) is 0 Å². The van der Waals surface area contributed by atoms with E-state index in [2.05, 4.69) is 16.1 Å². The maximum absolute atomic E-state index is 13.6. The van der Waals surface area contributed by atoms with Crippen LogP contribution >= 0.6 is 0 Å². The molecule has 6 atom stereocenters. The fraction of sp³-hybridized carbons (Fsp3) is 0.556. The predicted octanol–water partition coefficient (Wildman–Crippen LogP) is -0.856. The Bertz CT molecular complexity index is 1140. The van der Waals surface area contributed by atoms with Crippen molar-refractivity contribution < 1.29 is 38.9 Å². The van der Waals surface area contributed by atoms with Crippen LogP contribution in [-0.4, -0.2) is 101 Å². The third-order valence-corrected chi connectivity index (χ3v) is 7.14. The molecule has 218 valence electrons. The van der Waals surface area contributed by atoms with Crippen LogP contribution in [0.2, 0.25) is 0 Å². The molecule has 2 saturated heterocycles. The Kier molecular flexibility index (Phi) is 9.40. The van der Waals surface area contributed by atoms with Crippen molar-refractivity contribution >= 4 is 23.7 Å². The number of aromatic hydroxyl groups is 1. The van der Waals surface area contributed by atoms with Crippen LogP contribution in [0.3, 0.4) is 0 Å². The van der Waals surface area contributed by atoms with Crippen LogP contribution in [0.1, 0.15) is 32.3 Å². The van der Waals surface area contributed by atoms with Crippen molar-refractivity contribution in [1.82, 2.24) is 26.0 Å². The molecule has 13 heteroatoms. The molecule has 1 aromatic rings. The van der Waals surface area contributed by atoms with Crippen molar-refractivity contribution in [3.05, 3.63) is 42.0 Å². The SMILES string of the molecule is COC(=O)C1CCCN(C(=O)[C@H](Cc2cccc(O)c2)NC(=O)[C@@H](NC(=O)CN2C(O)C=CC3OC32)C(C)C)N1. The Morgan fingerprint density at radius 3 is 2.67 bits per heavy atom. The topological polar surface area (TPSA) is 173 Å². The Morgan fingerprint density at radius 1 is 1.20 bits per heavy atom. The van der Waals surface area contributed by atoms with Crippen LogP contribution < -0.4 is 16.1 Å². The number of hydrazine groups is 1. The fourth-order valence-corrected chi connectivity index (χ4v) is 4.92. The van der Waals surface area contributed by atoms with Crippen LogP contribution in [0.4, 0.5) is 0 Å². The minimum atomic E-state index is -1.06. The second kappa shape index (κ2) is 12.8. The maximum Gasteiger partial charge on any atom is 0.324 e. The number of aliphatic hydroxyl groups excluding tert-OH is 1. The third kappa shape index (κ3) is 7.16. The summed E-state index contributed by atoms with van der Waals surface area (Å²) in [4.78, 5) is 53.6. The molecule has 1 aromatic carbocycles. The number of amides is 3. The average molecular weight is 560 g/mol. The summed E-state index contributed by atoms with van der Waals surface area (Å²) in [6, 6.07) is 3.62. The monoisotopic (exact) mass is 559 g/mol. The predicted molar refractivity (Wildman–Crippen MR) is 141 cm³/mol. The summed E-state index contributed by atoms with van der Waals surface area (Å²) < 4.78 is 10.2. The number of carbonyl (C=O) groups is 4. The highest BCUT2D eigenvalue weighted by Gasteiger charge is 2.47. The number of benzene rings is 1. The molecule has 4 rings (SSSR count). The van der Waals surface area contributed by atoms with E-state index in [4.69, 9.17) is 9.47 Å². The van der Waals surface area contributed by atoms with E-state index in [0.717, 1.165) is 0 Å². The van der Waals surface area contributed by atoms with Crippen molar-refractivity contribution in [2.24, 2.45) is 5.92 Å². The average Bonchev–Trinajstić information content (AvgIpc) is 3.72. The molecule has 4 unspecified atom stereocenters. The van der Waals surface area contributed by atoms with Gasteiger partial charge in [0.1, 0.15) is 42.4 Å². The second-order valence-electron chi connectivity index (χ2n) is 10.5. The van der Waals surface area contributed by atoms with E-state index in [1.54, 1.807) is 38.1 Å². The van der Waals surface area contributed by atoms with Gasteiger partial charge in [-0.2, -0.15) is 0 Å². The summed E-state index contributed by atoms with van der Waals surface area (Å²) >= 11 is 0.